The highest BCUT2D eigenvalue weighted by Crippen LogP contribution is 2.26. The molecule has 0 spiro atoms. The van der Waals surface area contributed by atoms with Crippen LogP contribution in [0.2, 0.25) is 0 Å². The van der Waals surface area contributed by atoms with Gasteiger partial charge in [-0.3, -0.25) is 4.79 Å². The molecular weight excluding hydrogens is 210 g/mol. The molecular formula is C11H19NO4. The first-order valence-electron chi connectivity index (χ1n) is 5.42. The number of carbonyl (C=O) groups is 2. The summed E-state index contributed by atoms with van der Waals surface area (Å²) in [7, 11) is 0. The van der Waals surface area contributed by atoms with Crippen LogP contribution in [0.25, 0.3) is 0 Å². The molecule has 5 nitrogen and oxygen atoms in total. The quantitative estimate of drug-likeness (QED) is 0.732. The van der Waals surface area contributed by atoms with Crippen LogP contribution in [0, 0.1) is 5.92 Å². The Bertz CT molecular complexity index is 295. The maximum atomic E-state index is 11.8. The van der Waals surface area contributed by atoms with Gasteiger partial charge in [-0.25, -0.2) is 9.69 Å². The van der Waals surface area contributed by atoms with Gasteiger partial charge in [0.15, 0.2) is 0 Å². The van der Waals surface area contributed by atoms with Crippen LogP contribution in [0.15, 0.2) is 0 Å². The average Bonchev–Trinajstić information content (AvgIpc) is 2.37. The fourth-order valence-electron chi connectivity index (χ4n) is 1.76. The fraction of sp³-hybridized carbons (Fsp3) is 0.818. The highest BCUT2D eigenvalue weighted by Gasteiger charge is 2.42. The molecule has 1 saturated heterocycles. The van der Waals surface area contributed by atoms with Crippen molar-refractivity contribution in [1.29, 1.82) is 0 Å². The van der Waals surface area contributed by atoms with Crippen LogP contribution in [0.5, 0.6) is 0 Å². The van der Waals surface area contributed by atoms with Crippen LogP contribution in [-0.4, -0.2) is 40.3 Å². The van der Waals surface area contributed by atoms with Gasteiger partial charge in [0.25, 0.3) is 0 Å². The van der Waals surface area contributed by atoms with Crippen molar-refractivity contribution in [3.05, 3.63) is 0 Å². The summed E-state index contributed by atoms with van der Waals surface area (Å²) in [4.78, 5) is 24.4. The van der Waals surface area contributed by atoms with Crippen molar-refractivity contribution in [1.82, 2.24) is 4.90 Å². The molecule has 0 aromatic carbocycles. The Hall–Kier alpha value is -1.10. The van der Waals surface area contributed by atoms with Gasteiger partial charge in [-0.2, -0.15) is 0 Å². The van der Waals surface area contributed by atoms with E-state index in [-0.39, 0.29) is 24.9 Å². The molecule has 5 heteroatoms. The zero-order valence-corrected chi connectivity index (χ0v) is 10.2. The second-order valence-corrected chi connectivity index (χ2v) is 5.18. The molecule has 1 aliphatic rings. The van der Waals surface area contributed by atoms with Gasteiger partial charge in [0, 0.05) is 6.42 Å². The van der Waals surface area contributed by atoms with Crippen LogP contribution in [0.4, 0.5) is 4.79 Å². The normalized spacial score (nSPS) is 26.1. The first-order valence-corrected chi connectivity index (χ1v) is 5.42. The van der Waals surface area contributed by atoms with Gasteiger partial charge in [0.2, 0.25) is 5.91 Å². The van der Waals surface area contributed by atoms with Crippen molar-refractivity contribution in [2.45, 2.75) is 45.8 Å². The van der Waals surface area contributed by atoms with E-state index in [9.17, 15) is 14.7 Å². The van der Waals surface area contributed by atoms with Crippen molar-refractivity contribution in [3.8, 4) is 0 Å². The van der Waals surface area contributed by atoms with E-state index in [1.165, 1.54) is 0 Å². The summed E-state index contributed by atoms with van der Waals surface area (Å²) in [6, 6.07) is -0.456. The third kappa shape index (κ3) is 2.72. The number of aliphatic hydroxyl groups is 1. The minimum Gasteiger partial charge on any atom is -0.443 e. The number of aliphatic hydroxyl groups excluding tert-OH is 1. The number of imide groups is 1. The third-order valence-electron chi connectivity index (χ3n) is 2.53. The number of ether oxygens (including phenoxy) is 1. The van der Waals surface area contributed by atoms with Gasteiger partial charge in [0.1, 0.15) is 5.60 Å². The van der Waals surface area contributed by atoms with Crippen molar-refractivity contribution < 1.29 is 19.4 Å². The fourth-order valence-corrected chi connectivity index (χ4v) is 1.76. The summed E-state index contributed by atoms with van der Waals surface area (Å²) < 4.78 is 5.13. The average molecular weight is 229 g/mol. The number of rotatable bonds is 1. The zero-order valence-electron chi connectivity index (χ0n) is 10.2. The van der Waals surface area contributed by atoms with Gasteiger partial charge in [-0.05, 0) is 26.7 Å². The first-order chi connectivity index (χ1) is 7.26. The molecule has 2 unspecified atom stereocenters. The first kappa shape index (κ1) is 13.0. The number of likely N-dealkylation sites (tertiary alicyclic amines) is 1. The van der Waals surface area contributed by atoms with E-state index in [0.29, 0.717) is 0 Å². The maximum absolute atomic E-state index is 11.8. The van der Waals surface area contributed by atoms with E-state index >= 15 is 0 Å². The van der Waals surface area contributed by atoms with Crippen LogP contribution in [0.1, 0.15) is 34.1 Å². The summed E-state index contributed by atoms with van der Waals surface area (Å²) in [5.74, 6) is -0.300. The number of carbonyl (C=O) groups excluding carboxylic acids is 2. The molecule has 1 N–H and O–H groups in total. The Kier molecular flexibility index (Phi) is 3.57. The Morgan fingerprint density at radius 1 is 1.56 bits per heavy atom. The minimum absolute atomic E-state index is 0.0231. The lowest BCUT2D eigenvalue weighted by molar-refractivity contribution is -0.128. The number of hydrogen-bond acceptors (Lipinski definition) is 4. The van der Waals surface area contributed by atoms with Crippen LogP contribution in [-0.2, 0) is 9.53 Å². The van der Waals surface area contributed by atoms with Crippen molar-refractivity contribution in [2.24, 2.45) is 5.92 Å². The monoisotopic (exact) mass is 229 g/mol. The molecule has 1 fully saturated rings. The molecule has 2 atom stereocenters. The Balaban J connectivity index is 2.78. The van der Waals surface area contributed by atoms with Crippen molar-refractivity contribution in [2.75, 3.05) is 6.61 Å². The van der Waals surface area contributed by atoms with Crippen LogP contribution < -0.4 is 0 Å². The molecule has 1 aliphatic heterocycles. The standard InChI is InChI=1S/C11H19NO4/c1-7-5-9(14)12(8(7)6-13)10(15)16-11(2,3)4/h7-8,13H,5-6H2,1-4H3. The second kappa shape index (κ2) is 4.41. The molecule has 2 amide bonds. The summed E-state index contributed by atoms with van der Waals surface area (Å²) in [6.45, 7) is 6.84. The maximum Gasteiger partial charge on any atom is 0.417 e. The largest absolute Gasteiger partial charge is 0.443 e. The lowest BCUT2D eigenvalue weighted by Gasteiger charge is -2.27. The molecule has 92 valence electrons. The molecule has 1 heterocycles. The topological polar surface area (TPSA) is 66.8 Å². The smallest absolute Gasteiger partial charge is 0.417 e. The third-order valence-corrected chi connectivity index (χ3v) is 2.53. The second-order valence-electron chi connectivity index (χ2n) is 5.18. The zero-order chi connectivity index (χ0) is 12.5. The SMILES string of the molecule is CC1CC(=O)N(C(=O)OC(C)(C)C)C1CO. The van der Waals surface area contributed by atoms with E-state index < -0.39 is 17.7 Å². The van der Waals surface area contributed by atoms with Gasteiger partial charge < -0.3 is 9.84 Å². The van der Waals surface area contributed by atoms with Crippen molar-refractivity contribution >= 4 is 12.0 Å². The molecule has 0 bridgehead atoms. The van der Waals surface area contributed by atoms with E-state index in [0.717, 1.165) is 4.90 Å². The summed E-state index contributed by atoms with van der Waals surface area (Å²) in [6.07, 6.45) is -0.384. The van der Waals surface area contributed by atoms with E-state index in [1.54, 1.807) is 20.8 Å². The lowest BCUT2D eigenvalue weighted by atomic mass is 10.0. The van der Waals surface area contributed by atoms with Crippen molar-refractivity contribution in [3.63, 3.8) is 0 Å². The van der Waals surface area contributed by atoms with Crippen LogP contribution in [0.3, 0.4) is 0 Å². The number of hydrogen-bond donors (Lipinski definition) is 1. The summed E-state index contributed by atoms with van der Waals surface area (Å²) in [5.41, 5.74) is -0.636. The molecule has 0 saturated carbocycles. The predicted octanol–water partition coefficient (Wildman–Crippen LogP) is 1.15. The molecule has 0 aromatic heterocycles. The van der Waals surface area contributed by atoms with E-state index in [4.69, 9.17) is 4.74 Å². The molecule has 16 heavy (non-hydrogen) atoms. The minimum atomic E-state index is -0.666. The Labute approximate surface area is 95.4 Å². The predicted molar refractivity (Wildman–Crippen MR) is 57.7 cm³/mol. The van der Waals surface area contributed by atoms with Gasteiger partial charge in [-0.1, -0.05) is 6.92 Å². The van der Waals surface area contributed by atoms with E-state index in [1.807, 2.05) is 6.92 Å². The van der Waals surface area contributed by atoms with Gasteiger partial charge in [0.05, 0.1) is 12.6 Å². The highest BCUT2D eigenvalue weighted by atomic mass is 16.6. The number of nitrogens with zero attached hydrogens (tertiary/aromatic N) is 1. The van der Waals surface area contributed by atoms with E-state index in [2.05, 4.69) is 0 Å². The van der Waals surface area contributed by atoms with Gasteiger partial charge in [-0.15, -0.1) is 0 Å². The molecule has 0 aliphatic carbocycles. The lowest BCUT2D eigenvalue weighted by Crippen LogP contribution is -2.44. The molecule has 1 rings (SSSR count). The summed E-state index contributed by atoms with van der Waals surface area (Å²) >= 11 is 0. The molecule has 0 radical (unpaired) electrons. The highest BCUT2D eigenvalue weighted by molar-refractivity contribution is 5.94. The van der Waals surface area contributed by atoms with Gasteiger partial charge >= 0.3 is 6.09 Å². The Morgan fingerprint density at radius 3 is 2.56 bits per heavy atom. The summed E-state index contributed by atoms with van der Waals surface area (Å²) in [5, 5.41) is 9.17. The van der Waals surface area contributed by atoms with Crippen LogP contribution >= 0.6 is 0 Å². The molecule has 0 aromatic rings. The number of amides is 2. The Morgan fingerprint density at radius 2 is 2.12 bits per heavy atom.